The topological polar surface area (TPSA) is 38.3 Å². The van der Waals surface area contributed by atoms with E-state index in [0.29, 0.717) is 13.0 Å². The molecular weight excluding hydrogens is 258 g/mol. The smallest absolute Gasteiger partial charge is 0.220 e. The second-order valence-corrected chi connectivity index (χ2v) is 5.24. The molecule has 0 aliphatic carbocycles. The Balaban J connectivity index is 1.73. The van der Waals surface area contributed by atoms with Crippen molar-refractivity contribution in [2.75, 3.05) is 7.11 Å². The highest BCUT2D eigenvalue weighted by molar-refractivity contribution is 7.09. The standard InChI is InChI=1S/C15H17NO2S/c1-18-13-7-4-12(5-8-13)6-9-15(17)16-11-14-3-2-10-19-14/h2-5,7-8,10H,6,9,11H2,1H3,(H,16,17). The number of methoxy groups -OCH3 is 1. The number of aryl methyl sites for hydroxylation is 1. The lowest BCUT2D eigenvalue weighted by Crippen LogP contribution is -2.22. The molecule has 1 amide bonds. The predicted molar refractivity (Wildman–Crippen MR) is 77.5 cm³/mol. The van der Waals surface area contributed by atoms with Crippen molar-refractivity contribution < 1.29 is 9.53 Å². The van der Waals surface area contributed by atoms with Gasteiger partial charge in [-0.05, 0) is 35.6 Å². The highest BCUT2D eigenvalue weighted by Crippen LogP contribution is 2.12. The molecule has 4 heteroatoms. The largest absolute Gasteiger partial charge is 0.497 e. The van der Waals surface area contributed by atoms with Crippen molar-refractivity contribution in [3.05, 3.63) is 52.2 Å². The van der Waals surface area contributed by atoms with Gasteiger partial charge in [0, 0.05) is 11.3 Å². The van der Waals surface area contributed by atoms with E-state index >= 15 is 0 Å². The van der Waals surface area contributed by atoms with Gasteiger partial charge in [0.1, 0.15) is 5.75 Å². The maximum absolute atomic E-state index is 11.7. The maximum Gasteiger partial charge on any atom is 0.220 e. The van der Waals surface area contributed by atoms with E-state index in [-0.39, 0.29) is 5.91 Å². The minimum absolute atomic E-state index is 0.0872. The zero-order valence-corrected chi connectivity index (χ0v) is 11.7. The molecule has 0 aliphatic heterocycles. The third-order valence-corrected chi connectivity index (χ3v) is 3.72. The molecule has 1 heterocycles. The Morgan fingerprint density at radius 3 is 2.68 bits per heavy atom. The number of carbonyl (C=O) groups is 1. The van der Waals surface area contributed by atoms with Crippen LogP contribution in [0.5, 0.6) is 5.75 Å². The first-order valence-corrected chi connectivity index (χ1v) is 7.08. The number of rotatable bonds is 6. The fourth-order valence-electron chi connectivity index (χ4n) is 1.74. The van der Waals surface area contributed by atoms with Gasteiger partial charge in [-0.2, -0.15) is 0 Å². The third kappa shape index (κ3) is 4.41. The molecule has 19 heavy (non-hydrogen) atoms. The summed E-state index contributed by atoms with van der Waals surface area (Å²) in [7, 11) is 1.65. The fraction of sp³-hybridized carbons (Fsp3) is 0.267. The molecule has 3 nitrogen and oxygen atoms in total. The second kappa shape index (κ2) is 6.95. The molecule has 0 aliphatic rings. The Kier molecular flexibility index (Phi) is 4.98. The first kappa shape index (κ1) is 13.6. The van der Waals surface area contributed by atoms with Crippen LogP contribution in [0.4, 0.5) is 0 Å². The quantitative estimate of drug-likeness (QED) is 0.880. The van der Waals surface area contributed by atoms with Gasteiger partial charge in [0.25, 0.3) is 0 Å². The Bertz CT molecular complexity index is 505. The molecule has 0 unspecified atom stereocenters. The number of benzene rings is 1. The minimum Gasteiger partial charge on any atom is -0.497 e. The van der Waals surface area contributed by atoms with Gasteiger partial charge in [-0.15, -0.1) is 11.3 Å². The number of hydrogen-bond acceptors (Lipinski definition) is 3. The van der Waals surface area contributed by atoms with E-state index in [1.54, 1.807) is 18.4 Å². The maximum atomic E-state index is 11.7. The molecule has 0 spiro atoms. The van der Waals surface area contributed by atoms with Gasteiger partial charge < -0.3 is 10.1 Å². The molecule has 0 fully saturated rings. The fourth-order valence-corrected chi connectivity index (χ4v) is 2.38. The molecule has 1 N–H and O–H groups in total. The third-order valence-electron chi connectivity index (χ3n) is 2.84. The number of thiophene rings is 1. The van der Waals surface area contributed by atoms with E-state index in [2.05, 4.69) is 5.32 Å². The molecule has 0 atom stereocenters. The van der Waals surface area contributed by atoms with Crippen LogP contribution in [0, 0.1) is 0 Å². The normalized spacial score (nSPS) is 10.2. The lowest BCUT2D eigenvalue weighted by molar-refractivity contribution is -0.121. The van der Waals surface area contributed by atoms with Gasteiger partial charge in [0.2, 0.25) is 5.91 Å². The second-order valence-electron chi connectivity index (χ2n) is 4.20. The predicted octanol–water partition coefficient (Wildman–Crippen LogP) is 3.01. The number of nitrogens with one attached hydrogen (secondary N) is 1. The summed E-state index contributed by atoms with van der Waals surface area (Å²) in [4.78, 5) is 12.9. The highest BCUT2D eigenvalue weighted by Gasteiger charge is 2.03. The van der Waals surface area contributed by atoms with Gasteiger partial charge in [-0.25, -0.2) is 0 Å². The van der Waals surface area contributed by atoms with Crippen molar-refractivity contribution in [1.82, 2.24) is 5.32 Å². The number of carbonyl (C=O) groups excluding carboxylic acids is 1. The van der Waals surface area contributed by atoms with E-state index in [0.717, 1.165) is 17.7 Å². The van der Waals surface area contributed by atoms with Crippen LogP contribution < -0.4 is 10.1 Å². The van der Waals surface area contributed by atoms with Gasteiger partial charge in [0.05, 0.1) is 13.7 Å². The first-order chi connectivity index (χ1) is 9.28. The highest BCUT2D eigenvalue weighted by atomic mass is 32.1. The van der Waals surface area contributed by atoms with Gasteiger partial charge in [0.15, 0.2) is 0 Å². The molecule has 0 radical (unpaired) electrons. The molecule has 2 aromatic rings. The zero-order valence-electron chi connectivity index (χ0n) is 10.9. The van der Waals surface area contributed by atoms with Gasteiger partial charge >= 0.3 is 0 Å². The van der Waals surface area contributed by atoms with Gasteiger partial charge in [-0.3, -0.25) is 4.79 Å². The minimum atomic E-state index is 0.0872. The summed E-state index contributed by atoms with van der Waals surface area (Å²) in [6, 6.07) is 11.8. The number of amides is 1. The number of ether oxygens (including phenoxy) is 1. The Morgan fingerprint density at radius 1 is 1.26 bits per heavy atom. The van der Waals surface area contributed by atoms with Crippen LogP contribution in [0.1, 0.15) is 16.9 Å². The SMILES string of the molecule is COc1ccc(CCC(=O)NCc2cccs2)cc1. The van der Waals surface area contributed by atoms with Crippen LogP contribution in [0.3, 0.4) is 0 Å². The molecule has 1 aromatic heterocycles. The summed E-state index contributed by atoms with van der Waals surface area (Å²) in [5.41, 5.74) is 1.15. The summed E-state index contributed by atoms with van der Waals surface area (Å²) in [5, 5.41) is 4.94. The van der Waals surface area contributed by atoms with E-state index in [1.165, 1.54) is 4.88 Å². The average molecular weight is 275 g/mol. The van der Waals surface area contributed by atoms with E-state index < -0.39 is 0 Å². The van der Waals surface area contributed by atoms with Crippen LogP contribution in [-0.2, 0) is 17.8 Å². The van der Waals surface area contributed by atoms with E-state index in [9.17, 15) is 4.79 Å². The van der Waals surface area contributed by atoms with Crippen LogP contribution in [0.15, 0.2) is 41.8 Å². The molecule has 1 aromatic carbocycles. The lowest BCUT2D eigenvalue weighted by Gasteiger charge is -2.05. The van der Waals surface area contributed by atoms with Crippen molar-refractivity contribution in [3.8, 4) is 5.75 Å². The summed E-state index contributed by atoms with van der Waals surface area (Å²) < 4.78 is 5.10. The van der Waals surface area contributed by atoms with E-state index in [1.807, 2.05) is 41.8 Å². The zero-order chi connectivity index (χ0) is 13.5. The molecule has 100 valence electrons. The van der Waals surface area contributed by atoms with Crippen molar-refractivity contribution in [1.29, 1.82) is 0 Å². The van der Waals surface area contributed by atoms with Crippen LogP contribution in [0.25, 0.3) is 0 Å². The Labute approximate surface area is 117 Å². The van der Waals surface area contributed by atoms with E-state index in [4.69, 9.17) is 4.74 Å². The van der Waals surface area contributed by atoms with Crippen molar-refractivity contribution in [2.24, 2.45) is 0 Å². The average Bonchev–Trinajstić information content (AvgIpc) is 2.96. The molecule has 0 saturated heterocycles. The monoisotopic (exact) mass is 275 g/mol. The van der Waals surface area contributed by atoms with Crippen molar-refractivity contribution in [2.45, 2.75) is 19.4 Å². The molecule has 0 bridgehead atoms. The summed E-state index contributed by atoms with van der Waals surface area (Å²) in [5.74, 6) is 0.926. The van der Waals surface area contributed by atoms with Crippen LogP contribution >= 0.6 is 11.3 Å². The molecule has 2 rings (SSSR count). The summed E-state index contributed by atoms with van der Waals surface area (Å²) in [6.07, 6.45) is 1.26. The number of hydrogen-bond donors (Lipinski definition) is 1. The van der Waals surface area contributed by atoms with Gasteiger partial charge in [-0.1, -0.05) is 18.2 Å². The van der Waals surface area contributed by atoms with Crippen molar-refractivity contribution in [3.63, 3.8) is 0 Å². The van der Waals surface area contributed by atoms with Crippen LogP contribution in [-0.4, -0.2) is 13.0 Å². The first-order valence-electron chi connectivity index (χ1n) is 6.20. The summed E-state index contributed by atoms with van der Waals surface area (Å²) in [6.45, 7) is 0.624. The summed E-state index contributed by atoms with van der Waals surface area (Å²) >= 11 is 1.65. The van der Waals surface area contributed by atoms with Crippen LogP contribution in [0.2, 0.25) is 0 Å². The Hall–Kier alpha value is -1.81. The molecule has 0 saturated carbocycles. The molecular formula is C15H17NO2S. The van der Waals surface area contributed by atoms with Crippen molar-refractivity contribution >= 4 is 17.2 Å². The lowest BCUT2D eigenvalue weighted by atomic mass is 10.1. The Morgan fingerprint density at radius 2 is 2.05 bits per heavy atom.